The maximum atomic E-state index is 11.6. The van der Waals surface area contributed by atoms with E-state index in [0.717, 1.165) is 56.0 Å². The molecule has 1 N–H and O–H groups in total. The highest BCUT2D eigenvalue weighted by Gasteiger charge is 2.27. The Morgan fingerprint density at radius 2 is 1.76 bits per heavy atom. The van der Waals surface area contributed by atoms with Crippen molar-refractivity contribution in [2.45, 2.75) is 38.3 Å². The molecule has 1 unspecified atom stereocenters. The summed E-state index contributed by atoms with van der Waals surface area (Å²) in [5.41, 5.74) is 6.70. The number of likely N-dealkylation sites (tertiary alicyclic amines) is 1. The van der Waals surface area contributed by atoms with Crippen LogP contribution in [0.25, 0.3) is 11.3 Å². The predicted octanol–water partition coefficient (Wildman–Crippen LogP) is 5.59. The van der Waals surface area contributed by atoms with E-state index in [9.17, 15) is 10.1 Å². The van der Waals surface area contributed by atoms with Crippen molar-refractivity contribution in [3.05, 3.63) is 76.0 Å². The molecular formula is C27H33N5O2. The van der Waals surface area contributed by atoms with Crippen molar-refractivity contribution < 1.29 is 4.92 Å². The topological polar surface area (TPSA) is 68.7 Å². The number of nitrogens with one attached hydrogen (secondary N) is 1. The Bertz CT molecular complexity index is 1150. The Hall–Kier alpha value is -3.32. The first-order valence-electron chi connectivity index (χ1n) is 12.2. The third-order valence-electron chi connectivity index (χ3n) is 7.21. The van der Waals surface area contributed by atoms with E-state index < -0.39 is 0 Å². The molecule has 2 aliphatic heterocycles. The SMILES string of the molecule is CN(C)c1ccc(C2CCCN2Cc2ccc(-c3ccc([N+](=O)[O-])c(N4CCCC4)c3)[nH]2)cc1. The third-order valence-corrected chi connectivity index (χ3v) is 7.21. The molecule has 0 amide bonds. The van der Waals surface area contributed by atoms with Gasteiger partial charge >= 0.3 is 0 Å². The van der Waals surface area contributed by atoms with E-state index >= 15 is 0 Å². The first-order valence-corrected chi connectivity index (χ1v) is 12.2. The summed E-state index contributed by atoms with van der Waals surface area (Å²) in [5.74, 6) is 0. The molecule has 2 saturated heterocycles. The van der Waals surface area contributed by atoms with Crippen LogP contribution in [0.1, 0.15) is 43.0 Å². The van der Waals surface area contributed by atoms with Gasteiger partial charge in [-0.1, -0.05) is 12.1 Å². The minimum atomic E-state index is -0.268. The number of anilines is 2. The Labute approximate surface area is 201 Å². The summed E-state index contributed by atoms with van der Waals surface area (Å²) in [6.07, 6.45) is 4.55. The van der Waals surface area contributed by atoms with Crippen LogP contribution in [0, 0.1) is 10.1 Å². The van der Waals surface area contributed by atoms with Crippen molar-refractivity contribution in [2.75, 3.05) is 43.5 Å². The van der Waals surface area contributed by atoms with E-state index in [1.54, 1.807) is 6.07 Å². The zero-order valence-electron chi connectivity index (χ0n) is 20.0. The van der Waals surface area contributed by atoms with Crippen molar-refractivity contribution in [1.82, 2.24) is 9.88 Å². The number of hydrogen-bond donors (Lipinski definition) is 1. The lowest BCUT2D eigenvalue weighted by Crippen LogP contribution is -2.23. The Morgan fingerprint density at radius 3 is 2.47 bits per heavy atom. The zero-order valence-corrected chi connectivity index (χ0v) is 20.0. The zero-order chi connectivity index (χ0) is 23.7. The molecule has 2 aliphatic rings. The second kappa shape index (κ2) is 9.50. The Balaban J connectivity index is 1.34. The van der Waals surface area contributed by atoms with Gasteiger partial charge < -0.3 is 14.8 Å². The van der Waals surface area contributed by atoms with Crippen LogP contribution in [0.4, 0.5) is 17.1 Å². The molecule has 2 fully saturated rings. The molecule has 3 heterocycles. The quantitative estimate of drug-likeness (QED) is 0.368. The van der Waals surface area contributed by atoms with E-state index in [1.165, 1.54) is 29.8 Å². The number of aromatic amines is 1. The van der Waals surface area contributed by atoms with Gasteiger partial charge in [-0.05, 0) is 74.2 Å². The molecule has 3 aromatic rings. The average molecular weight is 460 g/mol. The third kappa shape index (κ3) is 4.53. The maximum Gasteiger partial charge on any atom is 0.292 e. The molecule has 0 saturated carbocycles. The average Bonchev–Trinajstić information content (AvgIpc) is 3.61. The summed E-state index contributed by atoms with van der Waals surface area (Å²) < 4.78 is 0. The molecule has 1 atom stereocenters. The first-order chi connectivity index (χ1) is 16.5. The first kappa shape index (κ1) is 22.5. The van der Waals surface area contributed by atoms with Gasteiger partial charge in [-0.2, -0.15) is 0 Å². The number of nitro groups is 1. The highest BCUT2D eigenvalue weighted by atomic mass is 16.6. The van der Waals surface area contributed by atoms with Crippen LogP contribution in [0.5, 0.6) is 0 Å². The summed E-state index contributed by atoms with van der Waals surface area (Å²) in [7, 11) is 4.14. The molecule has 0 aliphatic carbocycles. The summed E-state index contributed by atoms with van der Waals surface area (Å²) in [5, 5.41) is 11.6. The molecule has 178 valence electrons. The second-order valence-electron chi connectivity index (χ2n) is 9.67. The molecule has 0 spiro atoms. The predicted molar refractivity (Wildman–Crippen MR) is 137 cm³/mol. The molecule has 7 nitrogen and oxygen atoms in total. The van der Waals surface area contributed by atoms with Gasteiger partial charge in [0.15, 0.2) is 0 Å². The largest absolute Gasteiger partial charge is 0.378 e. The van der Waals surface area contributed by atoms with Gasteiger partial charge in [0, 0.05) is 68.5 Å². The molecule has 0 bridgehead atoms. The van der Waals surface area contributed by atoms with Gasteiger partial charge in [-0.15, -0.1) is 0 Å². The normalized spacial score (nSPS) is 18.5. The van der Waals surface area contributed by atoms with Crippen LogP contribution in [-0.4, -0.2) is 48.5 Å². The number of H-pyrrole nitrogens is 1. The molecule has 7 heteroatoms. The summed E-state index contributed by atoms with van der Waals surface area (Å²) in [6, 6.07) is 19.1. The van der Waals surface area contributed by atoms with Gasteiger partial charge in [0.25, 0.3) is 5.69 Å². The second-order valence-corrected chi connectivity index (χ2v) is 9.67. The van der Waals surface area contributed by atoms with E-state index in [0.29, 0.717) is 6.04 Å². The lowest BCUT2D eigenvalue weighted by atomic mass is 10.0. The van der Waals surface area contributed by atoms with Crippen LogP contribution in [0.2, 0.25) is 0 Å². The van der Waals surface area contributed by atoms with Crippen LogP contribution in [0.3, 0.4) is 0 Å². The van der Waals surface area contributed by atoms with E-state index in [2.05, 4.69) is 70.2 Å². The van der Waals surface area contributed by atoms with Crippen LogP contribution in [-0.2, 0) is 6.54 Å². The molecular weight excluding hydrogens is 426 g/mol. The smallest absolute Gasteiger partial charge is 0.292 e. The lowest BCUT2D eigenvalue weighted by molar-refractivity contribution is -0.384. The molecule has 0 radical (unpaired) electrons. The monoisotopic (exact) mass is 459 g/mol. The Kier molecular flexibility index (Phi) is 6.28. The van der Waals surface area contributed by atoms with E-state index in [4.69, 9.17) is 0 Å². The molecule has 2 aromatic carbocycles. The number of nitrogens with zero attached hydrogens (tertiary/aromatic N) is 4. The van der Waals surface area contributed by atoms with Crippen molar-refractivity contribution in [3.8, 4) is 11.3 Å². The minimum absolute atomic E-state index is 0.192. The molecule has 34 heavy (non-hydrogen) atoms. The van der Waals surface area contributed by atoms with E-state index in [-0.39, 0.29) is 10.6 Å². The highest BCUT2D eigenvalue weighted by Crippen LogP contribution is 2.36. The number of rotatable bonds is 7. The van der Waals surface area contributed by atoms with Gasteiger partial charge in [0.1, 0.15) is 5.69 Å². The van der Waals surface area contributed by atoms with Crippen LogP contribution in [0.15, 0.2) is 54.6 Å². The number of hydrogen-bond acceptors (Lipinski definition) is 5. The van der Waals surface area contributed by atoms with Gasteiger partial charge in [-0.25, -0.2) is 0 Å². The highest BCUT2D eigenvalue weighted by molar-refractivity contribution is 5.73. The summed E-state index contributed by atoms with van der Waals surface area (Å²) >= 11 is 0. The standard InChI is InChI=1S/C27H33N5O2/c1-29(2)23-11-7-20(8-12-23)25-6-5-17-31(25)19-22-10-13-24(28-22)21-9-14-26(32(33)34)27(18-21)30-15-3-4-16-30/h7-14,18,25,28H,3-6,15-17,19H2,1-2H3. The summed E-state index contributed by atoms with van der Waals surface area (Å²) in [4.78, 5) is 21.7. The number of nitro benzene ring substituents is 1. The molecule has 5 rings (SSSR count). The van der Waals surface area contributed by atoms with Crippen molar-refractivity contribution in [2.24, 2.45) is 0 Å². The fourth-order valence-corrected chi connectivity index (χ4v) is 5.36. The fraction of sp³-hybridized carbons (Fsp3) is 0.407. The van der Waals surface area contributed by atoms with Gasteiger partial charge in [0.2, 0.25) is 0 Å². The summed E-state index contributed by atoms with van der Waals surface area (Å²) in [6.45, 7) is 3.72. The Morgan fingerprint density at radius 1 is 1.00 bits per heavy atom. The van der Waals surface area contributed by atoms with Crippen molar-refractivity contribution in [3.63, 3.8) is 0 Å². The van der Waals surface area contributed by atoms with Gasteiger partial charge in [0.05, 0.1) is 4.92 Å². The minimum Gasteiger partial charge on any atom is -0.378 e. The van der Waals surface area contributed by atoms with Crippen molar-refractivity contribution in [1.29, 1.82) is 0 Å². The number of aromatic nitrogens is 1. The van der Waals surface area contributed by atoms with Crippen LogP contribution < -0.4 is 9.80 Å². The number of benzene rings is 2. The van der Waals surface area contributed by atoms with Crippen molar-refractivity contribution >= 4 is 17.1 Å². The van der Waals surface area contributed by atoms with Gasteiger partial charge in [-0.3, -0.25) is 15.0 Å². The van der Waals surface area contributed by atoms with E-state index in [1.807, 2.05) is 12.1 Å². The lowest BCUT2D eigenvalue weighted by Gasteiger charge is -2.25. The fourth-order valence-electron chi connectivity index (χ4n) is 5.36. The molecule has 1 aromatic heterocycles. The van der Waals surface area contributed by atoms with Crippen LogP contribution >= 0.6 is 0 Å². The maximum absolute atomic E-state index is 11.6.